The maximum atomic E-state index is 5.65. The van der Waals surface area contributed by atoms with Gasteiger partial charge in [-0.15, -0.1) is 0 Å². The average Bonchev–Trinajstić information content (AvgIpc) is 2.98. The van der Waals surface area contributed by atoms with Crippen LogP contribution in [0.15, 0.2) is 18.2 Å². The molecular formula is C18H28N4OS. The summed E-state index contributed by atoms with van der Waals surface area (Å²) in [5, 5.41) is 4.27. The van der Waals surface area contributed by atoms with Gasteiger partial charge in [-0.25, -0.2) is 0 Å². The fourth-order valence-electron chi connectivity index (χ4n) is 3.37. The largest absolute Gasteiger partial charge is 0.376 e. The van der Waals surface area contributed by atoms with E-state index in [1.165, 1.54) is 6.42 Å². The highest BCUT2D eigenvalue weighted by Crippen LogP contribution is 2.12. The predicted molar refractivity (Wildman–Crippen MR) is 100 cm³/mol. The van der Waals surface area contributed by atoms with Gasteiger partial charge in [0.1, 0.15) is 0 Å². The molecule has 1 unspecified atom stereocenters. The summed E-state index contributed by atoms with van der Waals surface area (Å²) in [5.41, 5.74) is 2.24. The highest BCUT2D eigenvalue weighted by Gasteiger charge is 2.19. The topological polar surface area (TPSA) is 40.6 Å². The Morgan fingerprint density at radius 1 is 1.29 bits per heavy atom. The van der Waals surface area contributed by atoms with Crippen molar-refractivity contribution in [3.63, 3.8) is 0 Å². The molecular weight excluding hydrogens is 320 g/mol. The number of aryl methyl sites for hydroxylation is 1. The standard InChI is InChI=1S/C18H28N4OS/c1-15-5-2-6-16(20-15)14-21-8-4-9-22(11-10-21)18(24)19-13-17-7-3-12-23-17/h2,5-6,17H,3-4,7-14H2,1H3,(H,19,24). The van der Waals surface area contributed by atoms with Gasteiger partial charge in [-0.1, -0.05) is 6.07 Å². The van der Waals surface area contributed by atoms with Crippen LogP contribution in [0.25, 0.3) is 0 Å². The molecule has 2 aliphatic heterocycles. The van der Waals surface area contributed by atoms with E-state index in [4.69, 9.17) is 17.0 Å². The molecule has 1 aromatic rings. The zero-order valence-electron chi connectivity index (χ0n) is 14.5. The van der Waals surface area contributed by atoms with Crippen LogP contribution in [0.5, 0.6) is 0 Å². The number of hydrogen-bond donors (Lipinski definition) is 1. The Morgan fingerprint density at radius 2 is 2.21 bits per heavy atom. The summed E-state index contributed by atoms with van der Waals surface area (Å²) in [6.07, 6.45) is 3.78. The SMILES string of the molecule is Cc1cccc(CN2CCCN(C(=S)NCC3CCCO3)CC2)n1. The molecule has 0 radical (unpaired) electrons. The van der Waals surface area contributed by atoms with E-state index >= 15 is 0 Å². The van der Waals surface area contributed by atoms with Gasteiger partial charge in [0.15, 0.2) is 5.11 Å². The lowest BCUT2D eigenvalue weighted by Gasteiger charge is -2.25. The Labute approximate surface area is 150 Å². The van der Waals surface area contributed by atoms with Crippen LogP contribution in [0.2, 0.25) is 0 Å². The smallest absolute Gasteiger partial charge is 0.169 e. The summed E-state index contributed by atoms with van der Waals surface area (Å²) in [5.74, 6) is 0. The number of hydrogen-bond acceptors (Lipinski definition) is 4. The molecule has 132 valence electrons. The normalized spacial score (nSPS) is 22.4. The van der Waals surface area contributed by atoms with Crippen molar-refractivity contribution in [2.24, 2.45) is 0 Å². The van der Waals surface area contributed by atoms with Crippen molar-refractivity contribution in [2.75, 3.05) is 39.3 Å². The van der Waals surface area contributed by atoms with Gasteiger partial charge in [0.05, 0.1) is 11.8 Å². The number of nitrogens with zero attached hydrogens (tertiary/aromatic N) is 3. The highest BCUT2D eigenvalue weighted by molar-refractivity contribution is 7.80. The minimum Gasteiger partial charge on any atom is -0.376 e. The van der Waals surface area contributed by atoms with Crippen molar-refractivity contribution in [3.8, 4) is 0 Å². The van der Waals surface area contributed by atoms with Crippen molar-refractivity contribution >= 4 is 17.3 Å². The van der Waals surface area contributed by atoms with Gasteiger partial charge in [-0.3, -0.25) is 9.88 Å². The van der Waals surface area contributed by atoms with E-state index in [1.807, 2.05) is 13.0 Å². The zero-order valence-corrected chi connectivity index (χ0v) is 15.4. The molecule has 2 aliphatic rings. The predicted octanol–water partition coefficient (Wildman–Crippen LogP) is 1.95. The lowest BCUT2D eigenvalue weighted by atomic mass is 10.2. The molecule has 0 bridgehead atoms. The maximum Gasteiger partial charge on any atom is 0.169 e. The van der Waals surface area contributed by atoms with Gasteiger partial charge in [0, 0.05) is 51.6 Å². The first kappa shape index (κ1) is 17.6. The van der Waals surface area contributed by atoms with Gasteiger partial charge in [0.2, 0.25) is 0 Å². The van der Waals surface area contributed by atoms with Crippen molar-refractivity contribution in [1.29, 1.82) is 0 Å². The molecule has 6 heteroatoms. The second-order valence-corrected chi connectivity index (χ2v) is 7.09. The van der Waals surface area contributed by atoms with Crippen LogP contribution in [0.4, 0.5) is 0 Å². The third-order valence-corrected chi connectivity index (χ3v) is 5.11. The van der Waals surface area contributed by atoms with E-state index in [-0.39, 0.29) is 0 Å². The monoisotopic (exact) mass is 348 g/mol. The number of nitrogens with one attached hydrogen (secondary N) is 1. The van der Waals surface area contributed by atoms with E-state index in [0.717, 1.165) is 75.2 Å². The van der Waals surface area contributed by atoms with E-state index in [0.29, 0.717) is 6.10 Å². The van der Waals surface area contributed by atoms with Gasteiger partial charge in [0.25, 0.3) is 0 Å². The number of ether oxygens (including phenoxy) is 1. The van der Waals surface area contributed by atoms with Crippen LogP contribution in [-0.2, 0) is 11.3 Å². The van der Waals surface area contributed by atoms with Crippen LogP contribution in [-0.4, -0.2) is 65.3 Å². The summed E-state index contributed by atoms with van der Waals surface area (Å²) >= 11 is 5.58. The van der Waals surface area contributed by atoms with Gasteiger partial charge >= 0.3 is 0 Å². The first-order valence-corrected chi connectivity index (χ1v) is 9.41. The van der Waals surface area contributed by atoms with Gasteiger partial charge in [-0.2, -0.15) is 0 Å². The minimum atomic E-state index is 0.332. The number of aromatic nitrogens is 1. The molecule has 0 aliphatic carbocycles. The quantitative estimate of drug-likeness (QED) is 0.839. The first-order valence-electron chi connectivity index (χ1n) is 9.00. The van der Waals surface area contributed by atoms with E-state index < -0.39 is 0 Å². The van der Waals surface area contributed by atoms with Crippen LogP contribution in [0, 0.1) is 6.92 Å². The zero-order chi connectivity index (χ0) is 16.8. The van der Waals surface area contributed by atoms with Gasteiger partial charge in [-0.05, 0) is 50.5 Å². The van der Waals surface area contributed by atoms with E-state index in [2.05, 4.69) is 32.2 Å². The summed E-state index contributed by atoms with van der Waals surface area (Å²) in [4.78, 5) is 9.39. The van der Waals surface area contributed by atoms with Crippen molar-refractivity contribution in [1.82, 2.24) is 20.1 Å². The molecule has 0 amide bonds. The maximum absolute atomic E-state index is 5.65. The Balaban J connectivity index is 1.44. The van der Waals surface area contributed by atoms with E-state index in [1.54, 1.807) is 0 Å². The first-order chi connectivity index (χ1) is 11.7. The molecule has 1 aromatic heterocycles. The fraction of sp³-hybridized carbons (Fsp3) is 0.667. The molecule has 3 heterocycles. The summed E-state index contributed by atoms with van der Waals surface area (Å²) in [6.45, 7) is 8.82. The lowest BCUT2D eigenvalue weighted by Crippen LogP contribution is -2.44. The second-order valence-electron chi connectivity index (χ2n) is 6.71. The highest BCUT2D eigenvalue weighted by atomic mass is 32.1. The summed E-state index contributed by atoms with van der Waals surface area (Å²) < 4.78 is 5.65. The molecule has 0 saturated carbocycles. The van der Waals surface area contributed by atoms with Crippen LogP contribution < -0.4 is 5.32 Å². The van der Waals surface area contributed by atoms with Gasteiger partial charge < -0.3 is 15.0 Å². The van der Waals surface area contributed by atoms with E-state index in [9.17, 15) is 0 Å². The van der Waals surface area contributed by atoms with Crippen molar-refractivity contribution < 1.29 is 4.74 Å². The molecule has 2 saturated heterocycles. The third kappa shape index (κ3) is 5.13. The van der Waals surface area contributed by atoms with Crippen LogP contribution in [0.1, 0.15) is 30.7 Å². The Kier molecular flexibility index (Phi) is 6.40. The summed E-state index contributed by atoms with van der Waals surface area (Å²) in [7, 11) is 0. The number of pyridine rings is 1. The molecule has 0 aromatic carbocycles. The fourth-order valence-corrected chi connectivity index (χ4v) is 3.63. The second kappa shape index (κ2) is 8.74. The Bertz CT molecular complexity index is 548. The molecule has 3 rings (SSSR count). The molecule has 24 heavy (non-hydrogen) atoms. The number of thiocarbonyl (C=S) groups is 1. The molecule has 5 nitrogen and oxygen atoms in total. The molecule has 1 N–H and O–H groups in total. The Hall–Kier alpha value is -1.24. The van der Waals surface area contributed by atoms with Crippen molar-refractivity contribution in [2.45, 2.75) is 38.8 Å². The van der Waals surface area contributed by atoms with Crippen LogP contribution >= 0.6 is 12.2 Å². The molecule has 0 spiro atoms. The number of rotatable bonds is 4. The van der Waals surface area contributed by atoms with Crippen LogP contribution in [0.3, 0.4) is 0 Å². The minimum absolute atomic E-state index is 0.332. The van der Waals surface area contributed by atoms with Crippen molar-refractivity contribution in [3.05, 3.63) is 29.6 Å². The molecule has 2 fully saturated rings. The Morgan fingerprint density at radius 3 is 3.00 bits per heavy atom. The third-order valence-electron chi connectivity index (χ3n) is 4.71. The molecule has 1 atom stereocenters. The summed E-state index contributed by atoms with van der Waals surface area (Å²) in [6, 6.07) is 6.25. The lowest BCUT2D eigenvalue weighted by molar-refractivity contribution is 0.113. The average molecular weight is 349 g/mol.